The van der Waals surface area contributed by atoms with E-state index in [1.165, 1.54) is 0 Å². The maximum Gasteiger partial charge on any atom is 0.315 e. The molecule has 0 aromatic rings. The molecule has 5 heteroatoms. The second kappa shape index (κ2) is 3.13. The number of hydrogen-bond donors (Lipinski definition) is 2. The van der Waals surface area contributed by atoms with Crippen molar-refractivity contribution in [2.45, 2.75) is 31.4 Å². The SMILES string of the molecule is O=C(NC1CC(O)C1)C(F)F. The van der Waals surface area contributed by atoms with Crippen molar-refractivity contribution in [1.29, 1.82) is 0 Å². The summed E-state index contributed by atoms with van der Waals surface area (Å²) in [6, 6.07) is -0.258. The zero-order chi connectivity index (χ0) is 8.43. The highest BCUT2D eigenvalue weighted by molar-refractivity contribution is 5.79. The number of aliphatic hydroxyl groups excluding tert-OH is 1. The summed E-state index contributed by atoms with van der Waals surface area (Å²) in [5.74, 6) is -1.25. The van der Waals surface area contributed by atoms with Crippen LogP contribution in [-0.2, 0) is 4.79 Å². The lowest BCUT2D eigenvalue weighted by Gasteiger charge is -2.31. The van der Waals surface area contributed by atoms with Crippen LogP contribution in [0, 0.1) is 0 Å². The van der Waals surface area contributed by atoms with Crippen molar-refractivity contribution in [3.8, 4) is 0 Å². The van der Waals surface area contributed by atoms with E-state index in [0.29, 0.717) is 12.8 Å². The molecule has 11 heavy (non-hydrogen) atoms. The molecule has 1 saturated carbocycles. The molecule has 1 aliphatic carbocycles. The fourth-order valence-corrected chi connectivity index (χ4v) is 0.970. The molecular formula is C6H9F2NO2. The van der Waals surface area contributed by atoms with Gasteiger partial charge in [-0.25, -0.2) is 0 Å². The lowest BCUT2D eigenvalue weighted by molar-refractivity contribution is -0.133. The lowest BCUT2D eigenvalue weighted by Crippen LogP contribution is -2.48. The van der Waals surface area contributed by atoms with Gasteiger partial charge in [0.05, 0.1) is 6.10 Å². The maximum absolute atomic E-state index is 11.6. The Bertz CT molecular complexity index is 157. The predicted molar refractivity (Wildman–Crippen MR) is 33.2 cm³/mol. The molecule has 0 saturated heterocycles. The minimum Gasteiger partial charge on any atom is -0.393 e. The van der Waals surface area contributed by atoms with Crippen LogP contribution >= 0.6 is 0 Å². The molecule has 0 bridgehead atoms. The van der Waals surface area contributed by atoms with Gasteiger partial charge in [-0.15, -0.1) is 0 Å². The standard InChI is InChI=1S/C6H9F2NO2/c7-5(8)6(11)9-3-1-4(10)2-3/h3-5,10H,1-2H2,(H,9,11). The van der Waals surface area contributed by atoms with Crippen LogP contribution < -0.4 is 5.32 Å². The van der Waals surface area contributed by atoms with Gasteiger partial charge >= 0.3 is 6.43 Å². The van der Waals surface area contributed by atoms with E-state index in [4.69, 9.17) is 5.11 Å². The molecule has 0 radical (unpaired) electrons. The molecular weight excluding hydrogens is 156 g/mol. The Kier molecular flexibility index (Phi) is 2.38. The molecule has 1 aliphatic rings. The fraction of sp³-hybridized carbons (Fsp3) is 0.833. The van der Waals surface area contributed by atoms with Crippen molar-refractivity contribution in [2.24, 2.45) is 0 Å². The van der Waals surface area contributed by atoms with Crippen LogP contribution in [0.15, 0.2) is 0 Å². The van der Waals surface area contributed by atoms with Crippen molar-refractivity contribution in [3.63, 3.8) is 0 Å². The van der Waals surface area contributed by atoms with Gasteiger partial charge in [-0.3, -0.25) is 4.79 Å². The second-order valence-corrected chi connectivity index (χ2v) is 2.63. The molecule has 1 fully saturated rings. The first-order valence-electron chi connectivity index (χ1n) is 3.36. The topological polar surface area (TPSA) is 49.3 Å². The first-order valence-corrected chi connectivity index (χ1v) is 3.36. The Labute approximate surface area is 62.4 Å². The average molecular weight is 165 g/mol. The predicted octanol–water partition coefficient (Wildman–Crippen LogP) is -0.109. The van der Waals surface area contributed by atoms with Crippen molar-refractivity contribution < 1.29 is 18.7 Å². The minimum absolute atomic E-state index is 0.258. The average Bonchev–Trinajstić information content (AvgIpc) is 1.84. The number of aliphatic hydroxyl groups is 1. The quantitative estimate of drug-likeness (QED) is 0.599. The van der Waals surface area contributed by atoms with Gasteiger partial charge in [-0.2, -0.15) is 8.78 Å². The van der Waals surface area contributed by atoms with E-state index in [-0.39, 0.29) is 6.04 Å². The Morgan fingerprint density at radius 2 is 2.09 bits per heavy atom. The highest BCUT2D eigenvalue weighted by atomic mass is 19.3. The number of halogens is 2. The van der Waals surface area contributed by atoms with Crippen LogP contribution in [0.1, 0.15) is 12.8 Å². The first-order chi connectivity index (χ1) is 5.09. The van der Waals surface area contributed by atoms with Crippen molar-refractivity contribution in [2.75, 3.05) is 0 Å². The summed E-state index contributed by atoms with van der Waals surface area (Å²) in [4.78, 5) is 10.3. The van der Waals surface area contributed by atoms with E-state index in [2.05, 4.69) is 5.32 Å². The summed E-state index contributed by atoms with van der Waals surface area (Å²) in [5, 5.41) is 10.8. The van der Waals surface area contributed by atoms with Gasteiger partial charge in [0.2, 0.25) is 0 Å². The maximum atomic E-state index is 11.6. The monoisotopic (exact) mass is 165 g/mol. The van der Waals surface area contributed by atoms with E-state index in [1.54, 1.807) is 0 Å². The highest BCUT2D eigenvalue weighted by Crippen LogP contribution is 2.19. The van der Waals surface area contributed by atoms with Gasteiger partial charge in [0.25, 0.3) is 5.91 Å². The van der Waals surface area contributed by atoms with Gasteiger partial charge in [-0.1, -0.05) is 0 Å². The Morgan fingerprint density at radius 1 is 1.55 bits per heavy atom. The molecule has 0 aliphatic heterocycles. The molecule has 0 spiro atoms. The van der Waals surface area contributed by atoms with E-state index in [0.717, 1.165) is 0 Å². The smallest absolute Gasteiger partial charge is 0.315 e. The van der Waals surface area contributed by atoms with Gasteiger partial charge in [0, 0.05) is 6.04 Å². The first kappa shape index (κ1) is 8.39. The van der Waals surface area contributed by atoms with Crippen molar-refractivity contribution in [1.82, 2.24) is 5.32 Å². The number of carbonyl (C=O) groups is 1. The Balaban J connectivity index is 2.17. The minimum atomic E-state index is -2.95. The molecule has 0 heterocycles. The third-order valence-corrected chi connectivity index (χ3v) is 1.66. The van der Waals surface area contributed by atoms with E-state index < -0.39 is 18.4 Å². The third-order valence-electron chi connectivity index (χ3n) is 1.66. The highest BCUT2D eigenvalue weighted by Gasteiger charge is 2.30. The summed E-state index contributed by atoms with van der Waals surface area (Å²) in [7, 11) is 0. The number of carbonyl (C=O) groups excluding carboxylic acids is 1. The number of hydrogen-bond acceptors (Lipinski definition) is 2. The van der Waals surface area contributed by atoms with Crippen molar-refractivity contribution in [3.05, 3.63) is 0 Å². The van der Waals surface area contributed by atoms with E-state index in [9.17, 15) is 13.6 Å². The van der Waals surface area contributed by atoms with Crippen LogP contribution in [0.3, 0.4) is 0 Å². The Hall–Kier alpha value is -0.710. The molecule has 3 nitrogen and oxygen atoms in total. The van der Waals surface area contributed by atoms with Crippen molar-refractivity contribution >= 4 is 5.91 Å². The summed E-state index contributed by atoms with van der Waals surface area (Å²) in [6.07, 6.45) is -2.61. The zero-order valence-electron chi connectivity index (χ0n) is 5.76. The zero-order valence-corrected chi connectivity index (χ0v) is 5.76. The fourth-order valence-electron chi connectivity index (χ4n) is 0.970. The number of nitrogens with one attached hydrogen (secondary N) is 1. The summed E-state index contributed by atoms with van der Waals surface area (Å²) >= 11 is 0. The summed E-state index contributed by atoms with van der Waals surface area (Å²) < 4.78 is 23.1. The molecule has 0 aromatic heterocycles. The van der Waals surface area contributed by atoms with Gasteiger partial charge in [-0.05, 0) is 12.8 Å². The van der Waals surface area contributed by atoms with Gasteiger partial charge in [0.15, 0.2) is 0 Å². The molecule has 1 amide bonds. The summed E-state index contributed by atoms with van der Waals surface area (Å²) in [6.45, 7) is 0. The van der Waals surface area contributed by atoms with Crippen LogP contribution in [0.2, 0.25) is 0 Å². The normalized spacial score (nSPS) is 29.8. The van der Waals surface area contributed by atoms with Crippen LogP contribution in [0.25, 0.3) is 0 Å². The molecule has 64 valence electrons. The molecule has 0 atom stereocenters. The molecule has 2 N–H and O–H groups in total. The van der Waals surface area contributed by atoms with Crippen LogP contribution in [0.5, 0.6) is 0 Å². The number of alkyl halides is 2. The Morgan fingerprint density at radius 3 is 2.45 bits per heavy atom. The van der Waals surface area contributed by atoms with E-state index >= 15 is 0 Å². The van der Waals surface area contributed by atoms with Gasteiger partial charge in [0.1, 0.15) is 0 Å². The van der Waals surface area contributed by atoms with Crippen LogP contribution in [0.4, 0.5) is 8.78 Å². The van der Waals surface area contributed by atoms with E-state index in [1.807, 2.05) is 0 Å². The lowest BCUT2D eigenvalue weighted by atomic mass is 9.89. The largest absolute Gasteiger partial charge is 0.393 e. The molecule has 0 unspecified atom stereocenters. The van der Waals surface area contributed by atoms with Gasteiger partial charge < -0.3 is 10.4 Å². The summed E-state index contributed by atoms with van der Waals surface area (Å²) in [5.41, 5.74) is 0. The second-order valence-electron chi connectivity index (χ2n) is 2.63. The number of rotatable bonds is 2. The number of amides is 1. The molecule has 0 aromatic carbocycles. The molecule has 1 rings (SSSR count). The third kappa shape index (κ3) is 2.11. The van der Waals surface area contributed by atoms with Crippen LogP contribution in [-0.4, -0.2) is 29.6 Å².